The van der Waals surface area contributed by atoms with Gasteiger partial charge in [0.25, 0.3) is 11.8 Å². The van der Waals surface area contributed by atoms with E-state index in [1.165, 1.54) is 22.6 Å². The third kappa shape index (κ3) is 3.40. The Balaban J connectivity index is 1.92. The smallest absolute Gasteiger partial charge is 0.261 e. The van der Waals surface area contributed by atoms with Gasteiger partial charge < -0.3 is 15.6 Å². The van der Waals surface area contributed by atoms with Gasteiger partial charge >= 0.3 is 0 Å². The number of nitrogens with zero attached hydrogens (tertiary/aromatic N) is 1. The van der Waals surface area contributed by atoms with Gasteiger partial charge in [0.2, 0.25) is 0 Å². The highest BCUT2D eigenvalue weighted by Gasteiger charge is 2.29. The fraction of sp³-hybridized carbons (Fsp3) is 0.526. The van der Waals surface area contributed by atoms with Crippen LogP contribution in [0.4, 0.5) is 5.00 Å². The molecule has 2 amide bonds. The highest BCUT2D eigenvalue weighted by Crippen LogP contribution is 2.40. The van der Waals surface area contributed by atoms with Gasteiger partial charge in [-0.15, -0.1) is 11.3 Å². The van der Waals surface area contributed by atoms with Crippen molar-refractivity contribution in [3.63, 3.8) is 0 Å². The second-order valence-electron chi connectivity index (χ2n) is 6.84. The predicted octanol–water partition coefficient (Wildman–Crippen LogP) is 3.86. The third-order valence-electron chi connectivity index (χ3n) is 5.03. The first-order valence-corrected chi connectivity index (χ1v) is 9.98. The van der Waals surface area contributed by atoms with E-state index in [9.17, 15) is 9.59 Å². The van der Waals surface area contributed by atoms with Crippen LogP contribution in [0.25, 0.3) is 0 Å². The summed E-state index contributed by atoms with van der Waals surface area (Å²) < 4.78 is 5.15. The number of carbonyl (C=O) groups excluding carboxylic acids is 2. The van der Waals surface area contributed by atoms with Crippen LogP contribution >= 0.6 is 11.3 Å². The Bertz CT molecular complexity index is 837. The summed E-state index contributed by atoms with van der Waals surface area (Å²) >= 11 is 1.48. The number of rotatable bonds is 6. The molecule has 0 aliphatic heterocycles. The first-order chi connectivity index (χ1) is 12.5. The highest BCUT2D eigenvalue weighted by atomic mass is 32.1. The summed E-state index contributed by atoms with van der Waals surface area (Å²) in [6.07, 6.45) is 5.81. The third-order valence-corrected chi connectivity index (χ3v) is 6.20. The van der Waals surface area contributed by atoms with Crippen LogP contribution in [0.5, 0.6) is 0 Å². The molecule has 7 heteroatoms. The van der Waals surface area contributed by atoms with Crippen molar-refractivity contribution in [2.75, 3.05) is 5.32 Å². The van der Waals surface area contributed by atoms with Gasteiger partial charge in [0.05, 0.1) is 11.3 Å². The number of fused-ring (bicyclic) bond motifs is 1. The second kappa shape index (κ2) is 7.61. The summed E-state index contributed by atoms with van der Waals surface area (Å²) in [6.45, 7) is 5.82. The minimum absolute atomic E-state index is 0.299. The highest BCUT2D eigenvalue weighted by molar-refractivity contribution is 7.17. The Hall–Kier alpha value is -2.15. The van der Waals surface area contributed by atoms with E-state index < -0.39 is 5.91 Å². The van der Waals surface area contributed by atoms with Crippen LogP contribution in [0.1, 0.15) is 75.7 Å². The van der Waals surface area contributed by atoms with E-state index in [0.29, 0.717) is 39.9 Å². The van der Waals surface area contributed by atoms with Crippen molar-refractivity contribution in [2.45, 2.75) is 59.3 Å². The molecule has 0 aromatic carbocycles. The number of hydrogen-bond donors (Lipinski definition) is 2. The molecule has 0 saturated heterocycles. The molecule has 2 aromatic heterocycles. The zero-order chi connectivity index (χ0) is 18.8. The van der Waals surface area contributed by atoms with E-state index >= 15 is 0 Å². The zero-order valence-corrected chi connectivity index (χ0v) is 16.3. The van der Waals surface area contributed by atoms with Gasteiger partial charge in [-0.3, -0.25) is 9.59 Å². The second-order valence-corrected chi connectivity index (χ2v) is 7.94. The monoisotopic (exact) mass is 375 g/mol. The average Bonchev–Trinajstić information content (AvgIpc) is 3.14. The summed E-state index contributed by atoms with van der Waals surface area (Å²) in [4.78, 5) is 26.0. The van der Waals surface area contributed by atoms with Crippen molar-refractivity contribution >= 4 is 28.2 Å². The van der Waals surface area contributed by atoms with Crippen molar-refractivity contribution in [3.05, 3.63) is 33.0 Å². The number of anilines is 1. The molecule has 2 heterocycles. The van der Waals surface area contributed by atoms with Crippen LogP contribution in [0, 0.1) is 12.8 Å². The fourth-order valence-corrected chi connectivity index (χ4v) is 5.14. The lowest BCUT2D eigenvalue weighted by Crippen LogP contribution is -2.20. The summed E-state index contributed by atoms with van der Waals surface area (Å²) in [5.41, 5.74) is 8.19. The molecule has 0 saturated carbocycles. The maximum absolute atomic E-state index is 12.8. The van der Waals surface area contributed by atoms with E-state index in [1.54, 1.807) is 6.92 Å². The predicted molar refractivity (Wildman–Crippen MR) is 102 cm³/mol. The molecule has 0 radical (unpaired) electrons. The van der Waals surface area contributed by atoms with Gasteiger partial charge in [-0.25, -0.2) is 0 Å². The van der Waals surface area contributed by atoms with Gasteiger partial charge in [0.15, 0.2) is 0 Å². The van der Waals surface area contributed by atoms with Crippen molar-refractivity contribution in [3.8, 4) is 0 Å². The molecular formula is C19H25N3O3S. The molecule has 0 bridgehead atoms. The quantitative estimate of drug-likeness (QED) is 0.801. The van der Waals surface area contributed by atoms with Crippen LogP contribution in [0.2, 0.25) is 0 Å². The molecule has 6 nitrogen and oxygen atoms in total. The number of nitrogens with two attached hydrogens (primary N) is 1. The van der Waals surface area contributed by atoms with Crippen LogP contribution in [-0.4, -0.2) is 17.0 Å². The van der Waals surface area contributed by atoms with E-state index in [-0.39, 0.29) is 5.91 Å². The standard InChI is InChI=1S/C19H25N3O3S/c1-4-6-11-7-8-12-14(9-11)26-19(16(12)17(20)23)21-18(24)15-10(3)25-22-13(15)5-2/h11H,4-9H2,1-3H3,(H2,20,23)(H,21,24)/t11-/m0/s1. The maximum atomic E-state index is 12.8. The zero-order valence-electron chi connectivity index (χ0n) is 15.5. The Morgan fingerprint density at radius 3 is 2.77 bits per heavy atom. The number of carbonyl (C=O) groups is 2. The Morgan fingerprint density at radius 1 is 1.35 bits per heavy atom. The number of amides is 2. The Labute approximate surface area is 157 Å². The summed E-state index contributed by atoms with van der Waals surface area (Å²) in [5.74, 6) is 0.336. The normalized spacial score (nSPS) is 16.3. The molecule has 0 unspecified atom stereocenters. The van der Waals surface area contributed by atoms with Crippen LogP contribution in [0.15, 0.2) is 4.52 Å². The molecule has 1 aliphatic carbocycles. The molecule has 0 spiro atoms. The number of hydrogen-bond acceptors (Lipinski definition) is 5. The van der Waals surface area contributed by atoms with E-state index in [4.69, 9.17) is 10.3 Å². The molecule has 26 heavy (non-hydrogen) atoms. The number of aryl methyl sites for hydroxylation is 2. The molecule has 3 rings (SSSR count). The van der Waals surface area contributed by atoms with Crippen molar-refractivity contribution in [1.29, 1.82) is 0 Å². The summed E-state index contributed by atoms with van der Waals surface area (Å²) in [6, 6.07) is 0. The van der Waals surface area contributed by atoms with Crippen LogP contribution in [-0.2, 0) is 19.3 Å². The maximum Gasteiger partial charge on any atom is 0.261 e. The van der Waals surface area contributed by atoms with Crippen LogP contribution in [0.3, 0.4) is 0 Å². The van der Waals surface area contributed by atoms with Crippen molar-refractivity contribution < 1.29 is 14.1 Å². The van der Waals surface area contributed by atoms with Crippen LogP contribution < -0.4 is 11.1 Å². The molecule has 1 aliphatic rings. The number of thiophene rings is 1. The largest absolute Gasteiger partial charge is 0.365 e. The topological polar surface area (TPSA) is 98.2 Å². The SMILES string of the molecule is CCC[C@H]1CCc2c(sc(NC(=O)c3c(CC)noc3C)c2C(N)=O)C1. The van der Waals surface area contributed by atoms with Gasteiger partial charge in [0.1, 0.15) is 16.3 Å². The van der Waals surface area contributed by atoms with E-state index in [0.717, 1.165) is 31.2 Å². The fourth-order valence-electron chi connectivity index (χ4n) is 3.77. The Morgan fingerprint density at radius 2 is 2.12 bits per heavy atom. The minimum atomic E-state index is -0.482. The molecule has 3 N–H and O–H groups in total. The first kappa shape index (κ1) is 18.6. The van der Waals surface area contributed by atoms with Gasteiger partial charge in [-0.05, 0) is 44.1 Å². The first-order valence-electron chi connectivity index (χ1n) is 9.17. The van der Waals surface area contributed by atoms with Gasteiger partial charge in [-0.1, -0.05) is 31.8 Å². The summed E-state index contributed by atoms with van der Waals surface area (Å²) in [7, 11) is 0. The van der Waals surface area contributed by atoms with Gasteiger partial charge in [0, 0.05) is 4.88 Å². The molecule has 2 aromatic rings. The molecular weight excluding hydrogens is 350 g/mol. The lowest BCUT2D eigenvalue weighted by atomic mass is 9.84. The number of primary amides is 1. The molecule has 140 valence electrons. The number of nitrogens with one attached hydrogen (secondary N) is 1. The van der Waals surface area contributed by atoms with E-state index in [1.807, 2.05) is 6.92 Å². The lowest BCUT2D eigenvalue weighted by molar-refractivity contribution is 0.1000. The number of aromatic nitrogens is 1. The van der Waals surface area contributed by atoms with Gasteiger partial charge in [-0.2, -0.15) is 0 Å². The minimum Gasteiger partial charge on any atom is -0.365 e. The van der Waals surface area contributed by atoms with E-state index in [2.05, 4.69) is 17.4 Å². The van der Waals surface area contributed by atoms with Crippen molar-refractivity contribution in [2.24, 2.45) is 11.7 Å². The molecule has 0 fully saturated rings. The molecule has 1 atom stereocenters. The average molecular weight is 375 g/mol. The lowest BCUT2D eigenvalue weighted by Gasteiger charge is -2.21. The Kier molecular flexibility index (Phi) is 5.46. The van der Waals surface area contributed by atoms with Crippen molar-refractivity contribution in [1.82, 2.24) is 5.16 Å². The summed E-state index contributed by atoms with van der Waals surface area (Å²) in [5, 5.41) is 7.37.